The van der Waals surface area contributed by atoms with E-state index in [0.717, 1.165) is 135 Å². The molecular weight excluding hydrogens is 997 g/mol. The summed E-state index contributed by atoms with van der Waals surface area (Å²) < 4.78 is 17.0. The van der Waals surface area contributed by atoms with Crippen LogP contribution in [0.3, 0.4) is 0 Å². The summed E-state index contributed by atoms with van der Waals surface area (Å²) >= 11 is 0. The Hall–Kier alpha value is -3.93. The van der Waals surface area contributed by atoms with Crippen molar-refractivity contribution in [1.29, 1.82) is 0 Å². The number of allylic oxidation sites excluding steroid dienone is 18. The zero-order valence-electron chi connectivity index (χ0n) is 53.3. The van der Waals surface area contributed by atoms with Crippen LogP contribution >= 0.6 is 0 Å². The maximum atomic E-state index is 12.9. The van der Waals surface area contributed by atoms with E-state index in [2.05, 4.69) is 130 Å². The first kappa shape index (κ1) is 77.1. The maximum Gasteiger partial charge on any atom is 0.306 e. The average molecular weight is 1130 g/mol. The normalized spacial score (nSPS) is 12.8. The van der Waals surface area contributed by atoms with Crippen molar-refractivity contribution in [2.75, 3.05) is 13.2 Å². The summed E-state index contributed by atoms with van der Waals surface area (Å²) in [5.41, 5.74) is 0. The van der Waals surface area contributed by atoms with Crippen LogP contribution in [-0.4, -0.2) is 37.2 Å². The number of ether oxygens (including phenoxy) is 3. The third-order valence-electron chi connectivity index (χ3n) is 14.8. The van der Waals surface area contributed by atoms with Crippen LogP contribution in [0, 0.1) is 0 Å². The number of hydrogen-bond acceptors (Lipinski definition) is 6. The minimum atomic E-state index is -0.788. The quantitative estimate of drug-likeness (QED) is 0.0261. The summed E-state index contributed by atoms with van der Waals surface area (Å²) in [4.78, 5) is 38.4. The Bertz CT molecular complexity index is 1620. The lowest BCUT2D eigenvalue weighted by Crippen LogP contribution is -2.30. The number of esters is 3. The third kappa shape index (κ3) is 66.8. The molecule has 6 heteroatoms. The van der Waals surface area contributed by atoms with E-state index in [0.29, 0.717) is 19.3 Å². The van der Waals surface area contributed by atoms with Gasteiger partial charge in [0, 0.05) is 19.3 Å². The lowest BCUT2D eigenvalue weighted by molar-refractivity contribution is -0.167. The Morgan fingerprint density at radius 2 is 0.481 bits per heavy atom. The lowest BCUT2D eigenvalue weighted by Gasteiger charge is -2.18. The van der Waals surface area contributed by atoms with Crippen LogP contribution in [0.1, 0.15) is 329 Å². The van der Waals surface area contributed by atoms with Crippen LogP contribution in [0.5, 0.6) is 0 Å². The summed E-state index contributed by atoms with van der Waals surface area (Å²) in [6.07, 6.45) is 93.9. The number of rotatable bonds is 62. The maximum absolute atomic E-state index is 12.9. The second kappa shape index (κ2) is 68.6. The molecule has 0 aromatic heterocycles. The number of carbonyl (C=O) groups excluding carboxylic acids is 3. The molecule has 1 atom stereocenters. The molecule has 0 fully saturated rings. The fourth-order valence-electron chi connectivity index (χ4n) is 9.70. The highest BCUT2D eigenvalue weighted by Crippen LogP contribution is 2.17. The second-order valence-electron chi connectivity index (χ2n) is 22.7. The Balaban J connectivity index is 4.32. The molecule has 0 spiro atoms. The van der Waals surface area contributed by atoms with Gasteiger partial charge in [-0.3, -0.25) is 14.4 Å². The van der Waals surface area contributed by atoms with Crippen molar-refractivity contribution in [2.24, 2.45) is 0 Å². The minimum Gasteiger partial charge on any atom is -0.462 e. The summed E-state index contributed by atoms with van der Waals surface area (Å²) in [5, 5.41) is 0. The van der Waals surface area contributed by atoms with Gasteiger partial charge in [-0.05, 0) is 103 Å². The first-order chi connectivity index (χ1) is 40.0. The van der Waals surface area contributed by atoms with Crippen molar-refractivity contribution in [3.63, 3.8) is 0 Å². The Morgan fingerprint density at radius 1 is 0.259 bits per heavy atom. The Labute approximate surface area is 501 Å². The molecule has 0 amide bonds. The molecule has 0 saturated carbocycles. The number of carbonyl (C=O) groups is 3. The zero-order valence-corrected chi connectivity index (χ0v) is 53.3. The predicted molar refractivity (Wildman–Crippen MR) is 353 cm³/mol. The van der Waals surface area contributed by atoms with E-state index < -0.39 is 6.10 Å². The van der Waals surface area contributed by atoms with E-state index in [1.54, 1.807) is 0 Å². The van der Waals surface area contributed by atoms with E-state index in [9.17, 15) is 14.4 Å². The van der Waals surface area contributed by atoms with Crippen LogP contribution in [-0.2, 0) is 28.6 Å². The lowest BCUT2D eigenvalue weighted by atomic mass is 10.0. The minimum absolute atomic E-state index is 0.0839. The van der Waals surface area contributed by atoms with Gasteiger partial charge in [-0.1, -0.05) is 316 Å². The van der Waals surface area contributed by atoms with E-state index in [4.69, 9.17) is 14.2 Å². The van der Waals surface area contributed by atoms with Gasteiger partial charge in [0.25, 0.3) is 0 Å². The van der Waals surface area contributed by atoms with Gasteiger partial charge in [0.2, 0.25) is 0 Å². The van der Waals surface area contributed by atoms with Gasteiger partial charge in [-0.25, -0.2) is 0 Å². The van der Waals surface area contributed by atoms with Crippen molar-refractivity contribution in [3.8, 4) is 0 Å². The molecule has 0 rings (SSSR count). The molecule has 0 radical (unpaired) electrons. The smallest absolute Gasteiger partial charge is 0.306 e. The number of hydrogen-bond donors (Lipinski definition) is 0. The average Bonchev–Trinajstić information content (AvgIpc) is 3.47. The van der Waals surface area contributed by atoms with Crippen molar-refractivity contribution in [2.45, 2.75) is 335 Å². The second-order valence-corrected chi connectivity index (χ2v) is 22.7. The Morgan fingerprint density at radius 3 is 0.753 bits per heavy atom. The van der Waals surface area contributed by atoms with Crippen LogP contribution < -0.4 is 0 Å². The summed E-state index contributed by atoms with van der Waals surface area (Å²) in [5.74, 6) is -0.890. The molecule has 0 aliphatic rings. The highest BCUT2D eigenvalue weighted by atomic mass is 16.6. The highest BCUT2D eigenvalue weighted by Gasteiger charge is 2.19. The van der Waals surface area contributed by atoms with Crippen LogP contribution in [0.25, 0.3) is 0 Å². The van der Waals surface area contributed by atoms with Gasteiger partial charge < -0.3 is 14.2 Å². The predicted octanol–water partition coefficient (Wildman–Crippen LogP) is 23.8. The van der Waals surface area contributed by atoms with E-state index in [1.807, 2.05) is 0 Å². The Kier molecular flexibility index (Phi) is 65.2. The standard InChI is InChI=1S/C75H128O6/c1-4-7-10-13-16-19-22-25-28-30-32-33-34-35-36-37-38-39-40-41-43-44-47-50-53-56-59-62-65-68-74(77)80-71-72(70-79-73(76)67-64-61-58-55-52-49-46-27-24-21-18-15-12-9-6-3)81-75(78)69-66-63-60-57-54-51-48-45-42-31-29-26-23-20-17-14-11-8-5-2/h7,9-10,12,16,18-19,21,25,27-28,32-33,35-36,38-39,46,72H,4-6,8,11,13-15,17,20,22-24,26,29-31,34,37,40-45,47-71H2,1-3H3/b10-7-,12-9-,19-16-,21-18-,28-25-,33-32-,36-35-,39-38-,46-27-. The fourth-order valence-corrected chi connectivity index (χ4v) is 9.70. The molecule has 1 unspecified atom stereocenters. The van der Waals surface area contributed by atoms with Gasteiger partial charge in [-0.2, -0.15) is 0 Å². The molecule has 6 nitrogen and oxygen atoms in total. The molecule has 0 N–H and O–H groups in total. The summed E-state index contributed by atoms with van der Waals surface area (Å²) in [6, 6.07) is 0. The van der Waals surface area contributed by atoms with Crippen molar-refractivity contribution < 1.29 is 28.6 Å². The molecule has 0 aromatic rings. The fraction of sp³-hybridized carbons (Fsp3) is 0.720. The molecule has 0 heterocycles. The SMILES string of the molecule is CC/C=C\C/C=C\C/C=C\C/C=C\C/C=C\C/C=C\CCCCCCCCCCCCC(=O)OCC(COC(=O)CCCCCCC/C=C\C/C=C\C/C=C\CC)OC(=O)CCCCCCCCCCCCCCCCCCCCC. The van der Waals surface area contributed by atoms with Crippen molar-refractivity contribution in [1.82, 2.24) is 0 Å². The molecule has 0 aliphatic carbocycles. The molecule has 81 heavy (non-hydrogen) atoms. The molecule has 0 aliphatic heterocycles. The van der Waals surface area contributed by atoms with Gasteiger partial charge in [0.15, 0.2) is 6.10 Å². The van der Waals surface area contributed by atoms with Gasteiger partial charge >= 0.3 is 17.9 Å². The first-order valence-corrected chi connectivity index (χ1v) is 34.4. The van der Waals surface area contributed by atoms with Gasteiger partial charge in [0.1, 0.15) is 13.2 Å². The summed E-state index contributed by atoms with van der Waals surface area (Å²) in [7, 11) is 0. The molecule has 0 saturated heterocycles. The van der Waals surface area contributed by atoms with Crippen molar-refractivity contribution >= 4 is 17.9 Å². The van der Waals surface area contributed by atoms with Crippen molar-refractivity contribution in [3.05, 3.63) is 109 Å². The zero-order chi connectivity index (χ0) is 58.5. The van der Waals surface area contributed by atoms with Crippen LogP contribution in [0.2, 0.25) is 0 Å². The van der Waals surface area contributed by atoms with Gasteiger partial charge in [-0.15, -0.1) is 0 Å². The molecule has 0 aromatic carbocycles. The first-order valence-electron chi connectivity index (χ1n) is 34.4. The molecular formula is C75H128O6. The number of unbranched alkanes of at least 4 members (excludes halogenated alkanes) is 33. The highest BCUT2D eigenvalue weighted by molar-refractivity contribution is 5.71. The van der Waals surface area contributed by atoms with E-state index in [1.165, 1.54) is 154 Å². The van der Waals surface area contributed by atoms with E-state index in [-0.39, 0.29) is 31.1 Å². The van der Waals surface area contributed by atoms with E-state index >= 15 is 0 Å². The van der Waals surface area contributed by atoms with Crippen LogP contribution in [0.4, 0.5) is 0 Å². The molecule has 0 bridgehead atoms. The topological polar surface area (TPSA) is 78.9 Å². The van der Waals surface area contributed by atoms with Gasteiger partial charge in [0.05, 0.1) is 0 Å². The monoisotopic (exact) mass is 1120 g/mol. The summed E-state index contributed by atoms with van der Waals surface area (Å²) in [6.45, 7) is 6.44. The van der Waals surface area contributed by atoms with Crippen LogP contribution in [0.15, 0.2) is 109 Å². The molecule has 464 valence electrons. The third-order valence-corrected chi connectivity index (χ3v) is 14.8. The largest absolute Gasteiger partial charge is 0.462 e.